The lowest BCUT2D eigenvalue weighted by Crippen LogP contribution is -2.35. The number of nitrogens with one attached hydrogen (secondary N) is 1. The largest absolute Gasteiger partial charge is 0.496 e. The standard InChI is InChI=1S/C15H26N2O/c1-12(16-3)10-13(2)17(4)11-14-8-6-7-9-15(14)18-5/h6-9,12-13,16H,10-11H2,1-5H3. The van der Waals surface area contributed by atoms with Crippen molar-refractivity contribution in [3.05, 3.63) is 29.8 Å². The van der Waals surface area contributed by atoms with E-state index in [9.17, 15) is 0 Å². The zero-order chi connectivity index (χ0) is 13.5. The van der Waals surface area contributed by atoms with Gasteiger partial charge in [-0.2, -0.15) is 0 Å². The van der Waals surface area contributed by atoms with Gasteiger partial charge in [0, 0.05) is 24.2 Å². The summed E-state index contributed by atoms with van der Waals surface area (Å²) in [5, 5.41) is 3.29. The highest BCUT2D eigenvalue weighted by molar-refractivity contribution is 5.33. The molecule has 3 heteroatoms. The second-order valence-electron chi connectivity index (χ2n) is 5.00. The second kappa shape index (κ2) is 7.39. The van der Waals surface area contributed by atoms with Crippen molar-refractivity contribution in [2.45, 2.75) is 38.9 Å². The summed E-state index contributed by atoms with van der Waals surface area (Å²) in [6.45, 7) is 5.40. The van der Waals surface area contributed by atoms with Crippen LogP contribution in [0.4, 0.5) is 0 Å². The van der Waals surface area contributed by atoms with Crippen LogP contribution in [0.25, 0.3) is 0 Å². The van der Waals surface area contributed by atoms with Crippen LogP contribution in [-0.2, 0) is 6.54 Å². The molecule has 2 unspecified atom stereocenters. The van der Waals surface area contributed by atoms with Gasteiger partial charge in [-0.25, -0.2) is 0 Å². The van der Waals surface area contributed by atoms with E-state index in [4.69, 9.17) is 4.74 Å². The summed E-state index contributed by atoms with van der Waals surface area (Å²) in [7, 11) is 5.91. The van der Waals surface area contributed by atoms with Gasteiger partial charge >= 0.3 is 0 Å². The van der Waals surface area contributed by atoms with E-state index >= 15 is 0 Å². The van der Waals surface area contributed by atoms with Crippen LogP contribution in [0.1, 0.15) is 25.8 Å². The van der Waals surface area contributed by atoms with Crippen LogP contribution in [-0.4, -0.2) is 38.2 Å². The lowest BCUT2D eigenvalue weighted by molar-refractivity contribution is 0.222. The predicted molar refractivity (Wildman–Crippen MR) is 77.1 cm³/mol. The van der Waals surface area contributed by atoms with E-state index in [1.807, 2.05) is 19.2 Å². The van der Waals surface area contributed by atoms with Crippen molar-refractivity contribution in [1.29, 1.82) is 0 Å². The molecule has 1 rings (SSSR count). The van der Waals surface area contributed by atoms with Crippen LogP contribution in [0, 0.1) is 0 Å². The summed E-state index contributed by atoms with van der Waals surface area (Å²) in [6.07, 6.45) is 1.14. The molecule has 0 saturated heterocycles. The summed E-state index contributed by atoms with van der Waals surface area (Å²) in [4.78, 5) is 2.37. The molecule has 0 saturated carbocycles. The van der Waals surface area contributed by atoms with E-state index in [2.05, 4.69) is 43.2 Å². The first kappa shape index (κ1) is 15.0. The number of benzene rings is 1. The summed E-state index contributed by atoms with van der Waals surface area (Å²) >= 11 is 0. The predicted octanol–water partition coefficient (Wildman–Crippen LogP) is 2.51. The van der Waals surface area contributed by atoms with Gasteiger partial charge in [0.15, 0.2) is 0 Å². The quantitative estimate of drug-likeness (QED) is 0.805. The van der Waals surface area contributed by atoms with E-state index in [1.54, 1.807) is 7.11 Å². The van der Waals surface area contributed by atoms with Gasteiger partial charge in [0.05, 0.1) is 7.11 Å². The molecule has 102 valence electrons. The maximum atomic E-state index is 5.39. The van der Waals surface area contributed by atoms with Gasteiger partial charge in [0.2, 0.25) is 0 Å². The van der Waals surface area contributed by atoms with E-state index in [-0.39, 0.29) is 0 Å². The Labute approximate surface area is 111 Å². The zero-order valence-electron chi connectivity index (χ0n) is 12.2. The minimum absolute atomic E-state index is 0.539. The molecule has 0 spiro atoms. The highest BCUT2D eigenvalue weighted by atomic mass is 16.5. The SMILES string of the molecule is CNC(C)CC(C)N(C)Cc1ccccc1OC. The van der Waals surface area contributed by atoms with Crippen molar-refractivity contribution in [2.75, 3.05) is 21.2 Å². The first-order valence-electron chi connectivity index (χ1n) is 6.57. The van der Waals surface area contributed by atoms with Crippen LogP contribution in [0.15, 0.2) is 24.3 Å². The lowest BCUT2D eigenvalue weighted by Gasteiger charge is -2.27. The van der Waals surface area contributed by atoms with Crippen molar-refractivity contribution in [2.24, 2.45) is 0 Å². The van der Waals surface area contributed by atoms with Gasteiger partial charge in [-0.05, 0) is 40.4 Å². The fraction of sp³-hybridized carbons (Fsp3) is 0.600. The van der Waals surface area contributed by atoms with Crippen molar-refractivity contribution in [1.82, 2.24) is 10.2 Å². The molecule has 18 heavy (non-hydrogen) atoms. The molecule has 1 aromatic carbocycles. The van der Waals surface area contributed by atoms with Crippen LogP contribution in [0.3, 0.4) is 0 Å². The monoisotopic (exact) mass is 250 g/mol. The van der Waals surface area contributed by atoms with Crippen LogP contribution in [0.2, 0.25) is 0 Å². The summed E-state index contributed by atoms with van der Waals surface area (Å²) in [5.74, 6) is 0.971. The number of nitrogens with zero attached hydrogens (tertiary/aromatic N) is 1. The topological polar surface area (TPSA) is 24.5 Å². The van der Waals surface area contributed by atoms with Crippen molar-refractivity contribution < 1.29 is 4.74 Å². The zero-order valence-corrected chi connectivity index (χ0v) is 12.2. The summed E-state index contributed by atoms with van der Waals surface area (Å²) in [6, 6.07) is 9.30. The number of rotatable bonds is 7. The van der Waals surface area contributed by atoms with Crippen LogP contribution in [0.5, 0.6) is 5.75 Å². The molecular formula is C15H26N2O. The highest BCUT2D eigenvalue weighted by Crippen LogP contribution is 2.20. The Bertz CT molecular complexity index is 354. The molecule has 1 aromatic rings. The Hall–Kier alpha value is -1.06. The number of hydrogen-bond donors (Lipinski definition) is 1. The molecule has 0 bridgehead atoms. The molecule has 0 radical (unpaired) electrons. The minimum atomic E-state index is 0.539. The fourth-order valence-corrected chi connectivity index (χ4v) is 2.07. The Balaban J connectivity index is 2.60. The molecule has 0 aliphatic carbocycles. The third kappa shape index (κ3) is 4.31. The molecule has 0 amide bonds. The average molecular weight is 250 g/mol. The first-order valence-corrected chi connectivity index (χ1v) is 6.57. The van der Waals surface area contributed by atoms with Crippen molar-refractivity contribution in [3.63, 3.8) is 0 Å². The lowest BCUT2D eigenvalue weighted by atomic mass is 10.1. The molecule has 0 aliphatic rings. The van der Waals surface area contributed by atoms with Gasteiger partial charge in [0.25, 0.3) is 0 Å². The number of ether oxygens (including phenoxy) is 1. The third-order valence-electron chi connectivity index (χ3n) is 3.55. The van der Waals surface area contributed by atoms with Gasteiger partial charge in [-0.15, -0.1) is 0 Å². The maximum absolute atomic E-state index is 5.39. The van der Waals surface area contributed by atoms with Gasteiger partial charge in [0.1, 0.15) is 5.75 Å². The van der Waals surface area contributed by atoms with E-state index in [1.165, 1.54) is 5.56 Å². The molecular weight excluding hydrogens is 224 g/mol. The van der Waals surface area contributed by atoms with Gasteiger partial charge < -0.3 is 10.1 Å². The van der Waals surface area contributed by atoms with E-state index < -0.39 is 0 Å². The third-order valence-corrected chi connectivity index (χ3v) is 3.55. The number of methoxy groups -OCH3 is 1. The maximum Gasteiger partial charge on any atom is 0.123 e. The highest BCUT2D eigenvalue weighted by Gasteiger charge is 2.14. The van der Waals surface area contributed by atoms with Gasteiger partial charge in [-0.3, -0.25) is 4.90 Å². The average Bonchev–Trinajstić information content (AvgIpc) is 2.39. The second-order valence-corrected chi connectivity index (χ2v) is 5.00. The van der Waals surface area contributed by atoms with Crippen molar-refractivity contribution >= 4 is 0 Å². The Morgan fingerprint density at radius 2 is 1.94 bits per heavy atom. The molecule has 2 atom stereocenters. The normalized spacial score (nSPS) is 14.6. The molecule has 3 nitrogen and oxygen atoms in total. The molecule has 0 aliphatic heterocycles. The first-order chi connectivity index (χ1) is 8.58. The Morgan fingerprint density at radius 3 is 2.56 bits per heavy atom. The Kier molecular flexibility index (Phi) is 6.16. The molecule has 0 aromatic heterocycles. The summed E-state index contributed by atoms with van der Waals surface area (Å²) in [5.41, 5.74) is 1.24. The van der Waals surface area contributed by atoms with Crippen LogP contribution >= 0.6 is 0 Å². The van der Waals surface area contributed by atoms with E-state index in [0.29, 0.717) is 12.1 Å². The number of hydrogen-bond acceptors (Lipinski definition) is 3. The van der Waals surface area contributed by atoms with Gasteiger partial charge in [-0.1, -0.05) is 18.2 Å². The van der Waals surface area contributed by atoms with E-state index in [0.717, 1.165) is 18.7 Å². The number of para-hydroxylation sites is 1. The molecule has 0 heterocycles. The smallest absolute Gasteiger partial charge is 0.123 e. The summed E-state index contributed by atoms with van der Waals surface area (Å²) < 4.78 is 5.39. The molecule has 1 N–H and O–H groups in total. The fourth-order valence-electron chi connectivity index (χ4n) is 2.07. The van der Waals surface area contributed by atoms with Crippen LogP contribution < -0.4 is 10.1 Å². The minimum Gasteiger partial charge on any atom is -0.496 e. The van der Waals surface area contributed by atoms with Crippen molar-refractivity contribution in [3.8, 4) is 5.75 Å². The molecule has 0 fully saturated rings. The Morgan fingerprint density at radius 1 is 1.28 bits per heavy atom.